The van der Waals surface area contributed by atoms with Crippen LogP contribution in [0.2, 0.25) is 0 Å². The van der Waals surface area contributed by atoms with Crippen LogP contribution in [-0.4, -0.2) is 32.8 Å². The highest BCUT2D eigenvalue weighted by atomic mass is 35.5. The molecule has 184 valence electrons. The zero-order chi connectivity index (χ0) is 23.8. The molecule has 0 saturated carbocycles. The van der Waals surface area contributed by atoms with Crippen molar-refractivity contribution in [2.24, 2.45) is 0 Å². The van der Waals surface area contributed by atoms with E-state index in [1.54, 1.807) is 10.7 Å². The first-order valence-electron chi connectivity index (χ1n) is 11.9. The molecule has 5 rings (SSSR count). The van der Waals surface area contributed by atoms with Crippen LogP contribution >= 0.6 is 12.4 Å². The lowest BCUT2D eigenvalue weighted by molar-refractivity contribution is 0.103. The number of nitrogen functional groups attached to an aromatic ring is 1. The van der Waals surface area contributed by atoms with Gasteiger partial charge in [0.2, 0.25) is 0 Å². The van der Waals surface area contributed by atoms with Crippen molar-refractivity contribution >= 4 is 29.1 Å². The van der Waals surface area contributed by atoms with Crippen LogP contribution in [0, 0.1) is 5.82 Å². The van der Waals surface area contributed by atoms with Crippen molar-refractivity contribution in [3.8, 4) is 0 Å². The number of carbonyl (C=O) groups excluding carboxylic acids is 1. The van der Waals surface area contributed by atoms with E-state index in [2.05, 4.69) is 30.5 Å². The molecule has 0 bridgehead atoms. The fraction of sp³-hybridized carbons (Fsp3) is 0.333. The lowest BCUT2D eigenvalue weighted by Gasteiger charge is -2.24. The maximum Gasteiger partial charge on any atom is 0.193 e. The lowest BCUT2D eigenvalue weighted by Crippen LogP contribution is -2.36. The zero-order valence-corrected chi connectivity index (χ0v) is 20.8. The molecule has 1 aliphatic rings. The van der Waals surface area contributed by atoms with E-state index in [1.165, 1.54) is 35.4 Å². The summed E-state index contributed by atoms with van der Waals surface area (Å²) in [5, 5.41) is 9.15. The third-order valence-electron chi connectivity index (χ3n) is 6.80. The van der Waals surface area contributed by atoms with Gasteiger partial charge in [0.25, 0.3) is 0 Å². The number of rotatable bonds is 7. The first-order valence-corrected chi connectivity index (χ1v) is 11.9. The lowest BCUT2D eigenvalue weighted by atomic mass is 9.90. The average Bonchev–Trinajstić information content (AvgIpc) is 3.42. The van der Waals surface area contributed by atoms with Crippen molar-refractivity contribution < 1.29 is 9.18 Å². The molecule has 4 aromatic rings. The first kappa shape index (κ1) is 24.9. The van der Waals surface area contributed by atoms with Gasteiger partial charge >= 0.3 is 0 Å². The second-order valence-electron chi connectivity index (χ2n) is 9.43. The smallest absolute Gasteiger partial charge is 0.193 e. The van der Waals surface area contributed by atoms with Crippen LogP contribution in [-0.2, 0) is 19.3 Å². The van der Waals surface area contributed by atoms with Gasteiger partial charge in [0.15, 0.2) is 5.78 Å². The van der Waals surface area contributed by atoms with Gasteiger partial charge in [-0.3, -0.25) is 14.2 Å². The number of fused-ring (bicyclic) bond motifs is 3. The maximum absolute atomic E-state index is 13.3. The molecule has 0 fully saturated rings. The van der Waals surface area contributed by atoms with Crippen LogP contribution in [0.1, 0.15) is 59.1 Å². The van der Waals surface area contributed by atoms with Crippen LogP contribution in [0.4, 0.5) is 4.39 Å². The van der Waals surface area contributed by atoms with Crippen molar-refractivity contribution in [3.05, 3.63) is 88.6 Å². The summed E-state index contributed by atoms with van der Waals surface area (Å²) in [6.45, 7) is 5.14. The van der Waals surface area contributed by atoms with Gasteiger partial charge in [0, 0.05) is 40.5 Å². The number of aromatic nitrogens is 3. The predicted octanol–water partition coefficient (Wildman–Crippen LogP) is 4.61. The van der Waals surface area contributed by atoms with Crippen LogP contribution in [0.5, 0.6) is 0 Å². The van der Waals surface area contributed by atoms with Gasteiger partial charge in [0.05, 0.1) is 11.7 Å². The molecule has 6 nitrogen and oxygen atoms in total. The number of nitrogens with one attached hydrogen (secondary N) is 1. The van der Waals surface area contributed by atoms with Crippen molar-refractivity contribution in [2.45, 2.75) is 51.6 Å². The molecule has 2 heterocycles. The topological polar surface area (TPSA) is 77.9 Å². The van der Waals surface area contributed by atoms with Gasteiger partial charge in [-0.05, 0) is 99.7 Å². The fourth-order valence-electron chi connectivity index (χ4n) is 4.89. The number of ketones is 1. The van der Waals surface area contributed by atoms with Crippen LogP contribution in [0.3, 0.4) is 0 Å². The summed E-state index contributed by atoms with van der Waals surface area (Å²) in [5.41, 5.74) is 5.58. The molecule has 3 N–H and O–H groups in total. The summed E-state index contributed by atoms with van der Waals surface area (Å²) in [6.07, 6.45) is 7.79. The molecule has 1 unspecified atom stereocenters. The Kier molecular flexibility index (Phi) is 7.28. The number of carbonyl (C=O) groups is 1. The summed E-state index contributed by atoms with van der Waals surface area (Å²) in [7, 11) is 0. The van der Waals surface area contributed by atoms with E-state index in [0.29, 0.717) is 23.2 Å². The summed E-state index contributed by atoms with van der Waals surface area (Å²) in [5.74, 6) is 5.95. The second kappa shape index (κ2) is 10.2. The van der Waals surface area contributed by atoms with E-state index in [9.17, 15) is 9.18 Å². The quantitative estimate of drug-likeness (QED) is 0.290. The molecular formula is C27H31ClFN5O. The minimum Gasteiger partial charge on any atom is -0.339 e. The van der Waals surface area contributed by atoms with Gasteiger partial charge in [-0.1, -0.05) is 0 Å². The molecule has 1 aliphatic carbocycles. The van der Waals surface area contributed by atoms with E-state index < -0.39 is 0 Å². The maximum atomic E-state index is 13.3. The normalized spacial score (nSPS) is 15.3. The summed E-state index contributed by atoms with van der Waals surface area (Å²) in [4.78, 5) is 13.0. The van der Waals surface area contributed by atoms with E-state index in [-0.39, 0.29) is 24.0 Å². The highest BCUT2D eigenvalue weighted by Crippen LogP contribution is 2.32. The Balaban J connectivity index is 0.00000289. The standard InChI is InChI=1S/C27H30FN5O.ClH/c1-17(2)32-16-18(15-31-32)11-12-30-22-8-10-26-24(14-22)23-13-20(5-9-25(23)33(26)29)27(34)19-3-6-21(28)7-4-19;/h3-7,9,13,15-17,22,30H,8,10-12,14,29H2,1-2H3;1H. The molecule has 1 atom stereocenters. The fourth-order valence-corrected chi connectivity index (χ4v) is 4.89. The number of halogens is 2. The Morgan fingerprint density at radius 3 is 2.66 bits per heavy atom. The van der Waals surface area contributed by atoms with Crippen molar-refractivity contribution in [1.29, 1.82) is 0 Å². The second-order valence-corrected chi connectivity index (χ2v) is 9.43. The van der Waals surface area contributed by atoms with E-state index in [4.69, 9.17) is 5.84 Å². The van der Waals surface area contributed by atoms with Crippen molar-refractivity contribution in [2.75, 3.05) is 12.4 Å². The first-order chi connectivity index (χ1) is 16.4. The summed E-state index contributed by atoms with van der Waals surface area (Å²) in [6, 6.07) is 12.1. The van der Waals surface area contributed by atoms with Crippen LogP contribution in [0.15, 0.2) is 54.9 Å². The molecule has 0 radical (unpaired) electrons. The number of hydrogen-bond acceptors (Lipinski definition) is 4. The Labute approximate surface area is 210 Å². The Bertz CT molecular complexity index is 1340. The van der Waals surface area contributed by atoms with Crippen molar-refractivity contribution in [3.63, 3.8) is 0 Å². The average molecular weight is 496 g/mol. The summed E-state index contributed by atoms with van der Waals surface area (Å²) >= 11 is 0. The van der Waals surface area contributed by atoms with Gasteiger partial charge in [-0.15, -0.1) is 12.4 Å². The molecule has 0 aliphatic heterocycles. The minimum atomic E-state index is -0.353. The number of nitrogens with zero attached hydrogens (tertiary/aromatic N) is 3. The molecular weight excluding hydrogens is 465 g/mol. The minimum absolute atomic E-state index is 0. The molecule has 35 heavy (non-hydrogen) atoms. The SMILES string of the molecule is CC(C)n1cc(CCNC2CCc3c(c4cc(C(=O)c5ccc(F)cc5)ccc4n3N)C2)cn1.Cl. The largest absolute Gasteiger partial charge is 0.339 e. The number of hydrogen-bond donors (Lipinski definition) is 2. The van der Waals surface area contributed by atoms with E-state index in [0.717, 1.165) is 48.8 Å². The molecule has 2 aromatic heterocycles. The molecule has 2 aromatic carbocycles. The molecule has 0 amide bonds. The molecule has 0 spiro atoms. The Morgan fingerprint density at radius 1 is 1.20 bits per heavy atom. The van der Waals surface area contributed by atoms with E-state index in [1.807, 2.05) is 23.0 Å². The van der Waals surface area contributed by atoms with E-state index >= 15 is 0 Å². The van der Waals surface area contributed by atoms with Gasteiger partial charge in [0.1, 0.15) is 5.82 Å². The van der Waals surface area contributed by atoms with Gasteiger partial charge in [-0.25, -0.2) is 4.39 Å². The van der Waals surface area contributed by atoms with Gasteiger partial charge in [-0.2, -0.15) is 5.10 Å². The summed E-state index contributed by atoms with van der Waals surface area (Å²) < 4.78 is 17.0. The van der Waals surface area contributed by atoms with Crippen LogP contribution in [0.25, 0.3) is 10.9 Å². The Morgan fingerprint density at radius 2 is 1.94 bits per heavy atom. The monoisotopic (exact) mass is 495 g/mol. The third-order valence-corrected chi connectivity index (χ3v) is 6.80. The molecule has 0 saturated heterocycles. The van der Waals surface area contributed by atoms with Gasteiger partial charge < -0.3 is 11.2 Å². The van der Waals surface area contributed by atoms with Crippen LogP contribution < -0.4 is 11.2 Å². The highest BCUT2D eigenvalue weighted by molar-refractivity contribution is 6.10. The molecule has 8 heteroatoms. The third kappa shape index (κ3) is 4.97. The van der Waals surface area contributed by atoms with Crippen molar-refractivity contribution in [1.82, 2.24) is 19.8 Å². The predicted molar refractivity (Wildman–Crippen MR) is 139 cm³/mol. The zero-order valence-electron chi connectivity index (χ0n) is 20.0. The Hall–Kier alpha value is -3.16. The number of nitrogens with two attached hydrogens (primary N) is 1. The number of benzene rings is 2. The highest BCUT2D eigenvalue weighted by Gasteiger charge is 2.25.